The second-order valence-corrected chi connectivity index (χ2v) is 3.99. The third-order valence-corrected chi connectivity index (χ3v) is 2.80. The number of nitro groups is 1. The van der Waals surface area contributed by atoms with Crippen molar-refractivity contribution in [2.75, 3.05) is 0 Å². The van der Waals surface area contributed by atoms with E-state index in [0.29, 0.717) is 12.2 Å². The third kappa shape index (κ3) is 2.06. The van der Waals surface area contributed by atoms with E-state index < -0.39 is 10.7 Å². The quantitative estimate of drug-likeness (QED) is 0.635. The Balaban J connectivity index is 2.70. The molecule has 0 atom stereocenters. The molecule has 5 nitrogen and oxygen atoms in total. The second kappa shape index (κ2) is 4.73. The van der Waals surface area contributed by atoms with Crippen molar-refractivity contribution in [3.8, 4) is 5.69 Å². The van der Waals surface area contributed by atoms with Gasteiger partial charge in [-0.1, -0.05) is 18.5 Å². The summed E-state index contributed by atoms with van der Waals surface area (Å²) in [4.78, 5) is 14.4. The Morgan fingerprint density at radius 2 is 2.28 bits per heavy atom. The van der Waals surface area contributed by atoms with Crippen molar-refractivity contribution in [1.82, 2.24) is 9.55 Å². The molecule has 94 valence electrons. The maximum absolute atomic E-state index is 13.5. The molecule has 7 heteroatoms. The number of nitrogens with zero attached hydrogens (tertiary/aromatic N) is 3. The Kier molecular flexibility index (Phi) is 3.29. The largest absolute Gasteiger partial charge is 0.297 e. The normalized spacial score (nSPS) is 10.6. The number of halogens is 2. The molecule has 0 saturated heterocycles. The van der Waals surface area contributed by atoms with Crippen molar-refractivity contribution in [3.63, 3.8) is 0 Å². The van der Waals surface area contributed by atoms with E-state index >= 15 is 0 Å². The van der Waals surface area contributed by atoms with Gasteiger partial charge in [0.25, 0.3) is 5.69 Å². The van der Waals surface area contributed by atoms with Gasteiger partial charge in [0, 0.05) is 30.9 Å². The monoisotopic (exact) mass is 269 g/mol. The maximum atomic E-state index is 13.5. The van der Waals surface area contributed by atoms with Crippen LogP contribution in [0.5, 0.6) is 0 Å². The van der Waals surface area contributed by atoms with Gasteiger partial charge in [0.15, 0.2) is 0 Å². The van der Waals surface area contributed by atoms with Crippen molar-refractivity contribution < 1.29 is 9.31 Å². The highest BCUT2D eigenvalue weighted by Gasteiger charge is 2.20. The molecular weight excluding hydrogens is 261 g/mol. The lowest BCUT2D eigenvalue weighted by molar-refractivity contribution is -0.384. The van der Waals surface area contributed by atoms with Gasteiger partial charge < -0.3 is 0 Å². The molecule has 0 aliphatic rings. The van der Waals surface area contributed by atoms with Crippen LogP contribution in [0.4, 0.5) is 10.1 Å². The SMILES string of the molecule is CCc1nccn1-c1cc(F)c(Cl)cc1[N+](=O)[O-]. The van der Waals surface area contributed by atoms with E-state index in [-0.39, 0.29) is 16.4 Å². The fourth-order valence-corrected chi connectivity index (χ4v) is 1.84. The van der Waals surface area contributed by atoms with E-state index in [1.165, 1.54) is 10.8 Å². The minimum Gasteiger partial charge on any atom is -0.297 e. The number of aromatic nitrogens is 2. The van der Waals surface area contributed by atoms with Crippen LogP contribution in [0.3, 0.4) is 0 Å². The number of nitro benzene ring substituents is 1. The van der Waals surface area contributed by atoms with Crippen LogP contribution in [0.15, 0.2) is 24.5 Å². The summed E-state index contributed by atoms with van der Waals surface area (Å²) in [7, 11) is 0. The molecule has 2 rings (SSSR count). The third-order valence-electron chi connectivity index (χ3n) is 2.51. The van der Waals surface area contributed by atoms with Crippen molar-refractivity contribution in [2.24, 2.45) is 0 Å². The lowest BCUT2D eigenvalue weighted by atomic mass is 10.2. The van der Waals surface area contributed by atoms with E-state index in [1.807, 2.05) is 6.92 Å². The van der Waals surface area contributed by atoms with E-state index in [1.54, 1.807) is 6.20 Å². The van der Waals surface area contributed by atoms with Crippen molar-refractivity contribution in [2.45, 2.75) is 13.3 Å². The lowest BCUT2D eigenvalue weighted by Gasteiger charge is -2.08. The zero-order valence-corrected chi connectivity index (χ0v) is 10.2. The van der Waals surface area contributed by atoms with Gasteiger partial charge in [0.1, 0.15) is 17.3 Å². The van der Waals surface area contributed by atoms with Gasteiger partial charge in [0.05, 0.1) is 9.95 Å². The minimum absolute atomic E-state index is 0.122. The van der Waals surface area contributed by atoms with Crippen molar-refractivity contribution in [1.29, 1.82) is 0 Å². The van der Waals surface area contributed by atoms with Gasteiger partial charge in [-0.3, -0.25) is 14.7 Å². The smallest absolute Gasteiger partial charge is 0.294 e. The van der Waals surface area contributed by atoms with Crippen LogP contribution in [0.1, 0.15) is 12.7 Å². The van der Waals surface area contributed by atoms with E-state index in [9.17, 15) is 14.5 Å². The first kappa shape index (κ1) is 12.5. The highest BCUT2D eigenvalue weighted by Crippen LogP contribution is 2.29. The molecule has 0 aliphatic heterocycles. The zero-order chi connectivity index (χ0) is 13.3. The average Bonchev–Trinajstić information content (AvgIpc) is 2.79. The summed E-state index contributed by atoms with van der Waals surface area (Å²) in [5.41, 5.74) is -0.134. The number of aryl methyl sites for hydroxylation is 1. The molecule has 0 spiro atoms. The molecule has 0 N–H and O–H groups in total. The van der Waals surface area contributed by atoms with Gasteiger partial charge >= 0.3 is 0 Å². The Hall–Kier alpha value is -1.95. The molecule has 2 aromatic rings. The average molecular weight is 270 g/mol. The van der Waals surface area contributed by atoms with Crippen molar-refractivity contribution in [3.05, 3.63) is 51.3 Å². The first-order valence-corrected chi connectivity index (χ1v) is 5.58. The number of imidazole rings is 1. The molecule has 0 bridgehead atoms. The zero-order valence-electron chi connectivity index (χ0n) is 9.43. The van der Waals surface area contributed by atoms with Gasteiger partial charge in [-0.2, -0.15) is 0 Å². The van der Waals surface area contributed by atoms with E-state index in [0.717, 1.165) is 12.1 Å². The lowest BCUT2D eigenvalue weighted by Crippen LogP contribution is -2.04. The van der Waals surface area contributed by atoms with E-state index in [4.69, 9.17) is 11.6 Å². The number of hydrogen-bond acceptors (Lipinski definition) is 3. The van der Waals surface area contributed by atoms with Crippen LogP contribution in [0, 0.1) is 15.9 Å². The fraction of sp³-hybridized carbons (Fsp3) is 0.182. The molecule has 0 amide bonds. The predicted octanol–water partition coefficient (Wildman–Crippen LogP) is 3.14. The summed E-state index contributed by atoms with van der Waals surface area (Å²) < 4.78 is 14.9. The number of benzene rings is 1. The molecule has 0 unspecified atom stereocenters. The number of hydrogen-bond donors (Lipinski definition) is 0. The maximum Gasteiger partial charge on any atom is 0.294 e. The van der Waals surface area contributed by atoms with Crippen molar-refractivity contribution >= 4 is 17.3 Å². The molecule has 0 fully saturated rings. The molecular formula is C11H9ClFN3O2. The summed E-state index contributed by atoms with van der Waals surface area (Å²) in [6.07, 6.45) is 3.64. The summed E-state index contributed by atoms with van der Waals surface area (Å²) in [6, 6.07) is 2.05. The fourth-order valence-electron chi connectivity index (χ4n) is 1.68. The first-order chi connectivity index (χ1) is 8.54. The molecule has 1 heterocycles. The molecule has 0 aliphatic carbocycles. The highest BCUT2D eigenvalue weighted by atomic mass is 35.5. The molecule has 1 aromatic heterocycles. The second-order valence-electron chi connectivity index (χ2n) is 3.58. The van der Waals surface area contributed by atoms with Gasteiger partial charge in [-0.15, -0.1) is 0 Å². The number of rotatable bonds is 3. The Morgan fingerprint density at radius 3 is 2.89 bits per heavy atom. The highest BCUT2D eigenvalue weighted by molar-refractivity contribution is 6.31. The summed E-state index contributed by atoms with van der Waals surface area (Å²) in [6.45, 7) is 1.86. The molecule has 0 saturated carbocycles. The molecule has 0 radical (unpaired) electrons. The van der Waals surface area contributed by atoms with Crippen LogP contribution in [-0.4, -0.2) is 14.5 Å². The van der Waals surface area contributed by atoms with Crippen LogP contribution >= 0.6 is 11.6 Å². The molecule has 18 heavy (non-hydrogen) atoms. The van der Waals surface area contributed by atoms with Gasteiger partial charge in [-0.25, -0.2) is 9.37 Å². The summed E-state index contributed by atoms with van der Waals surface area (Å²) in [5, 5.41) is 10.7. The topological polar surface area (TPSA) is 61.0 Å². The molecule has 1 aromatic carbocycles. The Morgan fingerprint density at radius 1 is 1.56 bits per heavy atom. The van der Waals surface area contributed by atoms with Gasteiger partial charge in [0.2, 0.25) is 0 Å². The van der Waals surface area contributed by atoms with Crippen LogP contribution in [0.25, 0.3) is 5.69 Å². The first-order valence-electron chi connectivity index (χ1n) is 5.20. The minimum atomic E-state index is -0.701. The van der Waals surface area contributed by atoms with Crippen LogP contribution < -0.4 is 0 Å². The van der Waals surface area contributed by atoms with Crippen LogP contribution in [-0.2, 0) is 6.42 Å². The summed E-state index contributed by atoms with van der Waals surface area (Å²) >= 11 is 5.56. The predicted molar refractivity (Wildman–Crippen MR) is 64.6 cm³/mol. The van der Waals surface area contributed by atoms with Gasteiger partial charge in [-0.05, 0) is 0 Å². The van der Waals surface area contributed by atoms with E-state index in [2.05, 4.69) is 4.98 Å². The standard InChI is InChI=1S/C11H9ClFN3O2/c1-2-11-14-3-4-15(11)9-6-8(13)7(12)5-10(9)16(17)18/h3-6H,2H2,1H3. The Labute approximate surface area is 107 Å². The summed E-state index contributed by atoms with van der Waals surface area (Å²) in [5.74, 6) is -0.0900. The van der Waals surface area contributed by atoms with Crippen LogP contribution in [0.2, 0.25) is 5.02 Å². The Bertz CT molecular complexity index is 612.